The number of halogens is 2. The number of carbonyl (C=O) groups is 3. The lowest BCUT2D eigenvalue weighted by atomic mass is 10.2. The van der Waals surface area contributed by atoms with Gasteiger partial charge in [-0.1, -0.05) is 48.3 Å². The van der Waals surface area contributed by atoms with E-state index in [-0.39, 0.29) is 18.4 Å². The van der Waals surface area contributed by atoms with Crippen molar-refractivity contribution in [3.8, 4) is 0 Å². The molecule has 0 saturated carbocycles. The van der Waals surface area contributed by atoms with Crippen molar-refractivity contribution in [2.24, 2.45) is 0 Å². The van der Waals surface area contributed by atoms with E-state index in [1.807, 2.05) is 6.92 Å². The molecule has 3 amide bonds. The summed E-state index contributed by atoms with van der Waals surface area (Å²) in [5, 5.41) is 6.12. The Morgan fingerprint density at radius 1 is 1.07 bits per heavy atom. The number of hydrogen-bond donors (Lipinski definition) is 2. The molecule has 0 saturated heterocycles. The summed E-state index contributed by atoms with van der Waals surface area (Å²) in [4.78, 5) is 38.9. The highest BCUT2D eigenvalue weighted by molar-refractivity contribution is 6.36. The number of amides is 3. The smallest absolute Gasteiger partial charge is 0.251 e. The summed E-state index contributed by atoms with van der Waals surface area (Å²) in [5.41, 5.74) is 0.875. The Bertz CT molecular complexity index is 875. The monoisotopic (exact) mass is 435 g/mol. The van der Waals surface area contributed by atoms with Crippen LogP contribution in [-0.2, 0) is 9.59 Å². The molecule has 0 aliphatic heterocycles. The highest BCUT2D eigenvalue weighted by atomic mass is 35.5. The molecule has 0 fully saturated rings. The van der Waals surface area contributed by atoms with Gasteiger partial charge in [0.25, 0.3) is 5.91 Å². The molecule has 6 nitrogen and oxygen atoms in total. The van der Waals surface area contributed by atoms with Crippen LogP contribution in [0.2, 0.25) is 10.0 Å². The Morgan fingerprint density at radius 2 is 1.76 bits per heavy atom. The summed E-state index contributed by atoms with van der Waals surface area (Å²) < 4.78 is 0. The van der Waals surface area contributed by atoms with Crippen molar-refractivity contribution in [3.05, 3.63) is 64.1 Å². The first-order chi connectivity index (χ1) is 13.8. The minimum atomic E-state index is -0.777. The van der Waals surface area contributed by atoms with Gasteiger partial charge in [0.1, 0.15) is 6.04 Å². The largest absolute Gasteiger partial charge is 0.341 e. The van der Waals surface area contributed by atoms with Gasteiger partial charge in [0.15, 0.2) is 0 Å². The number of carbonyl (C=O) groups excluding carboxylic acids is 3. The van der Waals surface area contributed by atoms with Crippen LogP contribution >= 0.6 is 23.2 Å². The van der Waals surface area contributed by atoms with Crippen molar-refractivity contribution in [2.75, 3.05) is 18.4 Å². The Balaban J connectivity index is 2.00. The Hall–Kier alpha value is -2.57. The number of nitrogens with one attached hydrogen (secondary N) is 2. The first-order valence-corrected chi connectivity index (χ1v) is 9.97. The maximum absolute atomic E-state index is 12.8. The van der Waals surface area contributed by atoms with Crippen molar-refractivity contribution < 1.29 is 14.4 Å². The molecule has 0 bridgehead atoms. The van der Waals surface area contributed by atoms with E-state index in [0.29, 0.717) is 34.3 Å². The first kappa shape index (κ1) is 22.7. The van der Waals surface area contributed by atoms with Gasteiger partial charge in [0, 0.05) is 17.1 Å². The van der Waals surface area contributed by atoms with Crippen LogP contribution in [0.4, 0.5) is 5.69 Å². The van der Waals surface area contributed by atoms with Crippen LogP contribution in [0.1, 0.15) is 30.6 Å². The zero-order chi connectivity index (χ0) is 21.4. The van der Waals surface area contributed by atoms with Crippen LogP contribution in [0.3, 0.4) is 0 Å². The molecular formula is C21H23Cl2N3O3. The van der Waals surface area contributed by atoms with Crippen LogP contribution in [0, 0.1) is 0 Å². The summed E-state index contributed by atoms with van der Waals surface area (Å²) in [6.07, 6.45) is 0.667. The second-order valence-electron chi connectivity index (χ2n) is 6.49. The van der Waals surface area contributed by atoms with E-state index in [1.54, 1.807) is 49.4 Å². The highest BCUT2D eigenvalue weighted by Crippen LogP contribution is 2.25. The molecule has 2 aromatic rings. The van der Waals surface area contributed by atoms with Gasteiger partial charge in [-0.05, 0) is 43.7 Å². The molecule has 1 atom stereocenters. The number of rotatable bonds is 8. The second-order valence-corrected chi connectivity index (χ2v) is 7.34. The molecule has 0 aliphatic carbocycles. The van der Waals surface area contributed by atoms with Crippen molar-refractivity contribution in [3.63, 3.8) is 0 Å². The molecule has 0 spiro atoms. The van der Waals surface area contributed by atoms with Gasteiger partial charge in [-0.15, -0.1) is 0 Å². The lowest BCUT2D eigenvalue weighted by Crippen LogP contribution is -2.49. The summed E-state index contributed by atoms with van der Waals surface area (Å²) in [5.74, 6) is -1.08. The van der Waals surface area contributed by atoms with Gasteiger partial charge in [0.2, 0.25) is 11.8 Å². The van der Waals surface area contributed by atoms with E-state index in [2.05, 4.69) is 10.6 Å². The minimum Gasteiger partial charge on any atom is -0.341 e. The van der Waals surface area contributed by atoms with E-state index in [0.717, 1.165) is 0 Å². The average Bonchev–Trinajstić information content (AvgIpc) is 2.69. The van der Waals surface area contributed by atoms with Crippen molar-refractivity contribution in [2.45, 2.75) is 26.3 Å². The maximum Gasteiger partial charge on any atom is 0.251 e. The fraction of sp³-hybridized carbons (Fsp3) is 0.286. The van der Waals surface area contributed by atoms with Gasteiger partial charge in [0.05, 0.1) is 17.3 Å². The average molecular weight is 436 g/mol. The van der Waals surface area contributed by atoms with E-state index in [9.17, 15) is 14.4 Å². The lowest BCUT2D eigenvalue weighted by Gasteiger charge is -2.25. The minimum absolute atomic E-state index is 0.156. The lowest BCUT2D eigenvalue weighted by molar-refractivity contribution is -0.136. The molecule has 0 aromatic heterocycles. The topological polar surface area (TPSA) is 78.5 Å². The number of benzene rings is 2. The molecule has 0 radical (unpaired) electrons. The quantitative estimate of drug-likeness (QED) is 0.657. The molecule has 2 aromatic carbocycles. The Kier molecular flexibility index (Phi) is 8.49. The van der Waals surface area contributed by atoms with E-state index < -0.39 is 11.9 Å². The molecule has 2 N–H and O–H groups in total. The summed E-state index contributed by atoms with van der Waals surface area (Å²) in [6, 6.07) is 12.6. The summed E-state index contributed by atoms with van der Waals surface area (Å²) in [6.45, 7) is 3.73. The molecule has 1 unspecified atom stereocenters. The molecular weight excluding hydrogens is 413 g/mol. The second kappa shape index (κ2) is 10.8. The number of hydrogen-bond acceptors (Lipinski definition) is 3. The zero-order valence-corrected chi connectivity index (χ0v) is 17.8. The van der Waals surface area contributed by atoms with Crippen LogP contribution in [0.25, 0.3) is 0 Å². The van der Waals surface area contributed by atoms with Crippen molar-refractivity contribution in [1.82, 2.24) is 10.2 Å². The molecule has 154 valence electrons. The third-order valence-corrected chi connectivity index (χ3v) is 4.65. The van der Waals surface area contributed by atoms with Crippen LogP contribution in [0.15, 0.2) is 48.5 Å². The van der Waals surface area contributed by atoms with Crippen molar-refractivity contribution in [1.29, 1.82) is 0 Å². The summed E-state index contributed by atoms with van der Waals surface area (Å²) >= 11 is 11.9. The molecule has 8 heteroatoms. The van der Waals surface area contributed by atoms with Gasteiger partial charge in [-0.25, -0.2) is 0 Å². The summed E-state index contributed by atoms with van der Waals surface area (Å²) in [7, 11) is 0. The normalized spacial score (nSPS) is 11.4. The van der Waals surface area contributed by atoms with Crippen LogP contribution < -0.4 is 10.6 Å². The predicted octanol–water partition coefficient (Wildman–Crippen LogP) is 3.99. The Morgan fingerprint density at radius 3 is 2.38 bits per heavy atom. The third-order valence-electron chi connectivity index (χ3n) is 4.10. The SMILES string of the molecule is CCCN(CC(=O)Nc1ccc(Cl)cc1Cl)C(=O)C(C)NC(=O)c1ccccc1. The van der Waals surface area contributed by atoms with E-state index in [1.165, 1.54) is 11.0 Å². The number of nitrogens with zero attached hydrogens (tertiary/aromatic N) is 1. The van der Waals surface area contributed by atoms with Crippen LogP contribution in [0.5, 0.6) is 0 Å². The predicted molar refractivity (Wildman–Crippen MR) is 115 cm³/mol. The van der Waals surface area contributed by atoms with Gasteiger partial charge >= 0.3 is 0 Å². The standard InChI is InChI=1S/C21H23Cl2N3O3/c1-3-11-26(13-19(27)25-18-10-9-16(22)12-17(18)23)21(29)14(2)24-20(28)15-7-5-4-6-8-15/h4-10,12,14H,3,11,13H2,1-2H3,(H,24,28)(H,25,27). The van der Waals surface area contributed by atoms with E-state index in [4.69, 9.17) is 23.2 Å². The molecule has 2 rings (SSSR count). The van der Waals surface area contributed by atoms with Crippen LogP contribution in [-0.4, -0.2) is 41.8 Å². The fourth-order valence-electron chi connectivity index (χ4n) is 2.70. The maximum atomic E-state index is 12.8. The third kappa shape index (κ3) is 6.76. The van der Waals surface area contributed by atoms with Gasteiger partial charge in [-0.2, -0.15) is 0 Å². The molecule has 0 heterocycles. The number of anilines is 1. The van der Waals surface area contributed by atoms with Gasteiger partial charge in [-0.3, -0.25) is 14.4 Å². The van der Waals surface area contributed by atoms with E-state index >= 15 is 0 Å². The Labute approximate surface area is 180 Å². The molecule has 0 aliphatic rings. The first-order valence-electron chi connectivity index (χ1n) is 9.21. The van der Waals surface area contributed by atoms with Gasteiger partial charge < -0.3 is 15.5 Å². The molecule has 29 heavy (non-hydrogen) atoms. The zero-order valence-electron chi connectivity index (χ0n) is 16.2. The highest BCUT2D eigenvalue weighted by Gasteiger charge is 2.24. The van der Waals surface area contributed by atoms with Crippen molar-refractivity contribution >= 4 is 46.6 Å². The fourth-order valence-corrected chi connectivity index (χ4v) is 3.15.